The molecule has 176 valence electrons. The van der Waals surface area contributed by atoms with E-state index in [1.165, 1.54) is 19.2 Å². The topological polar surface area (TPSA) is 116 Å². The quantitative estimate of drug-likeness (QED) is 0.275. The highest BCUT2D eigenvalue weighted by Crippen LogP contribution is 2.31. The number of halogens is 5. The Hall–Kier alpha value is -3.94. The van der Waals surface area contributed by atoms with Crippen LogP contribution in [0.15, 0.2) is 30.5 Å². The first kappa shape index (κ1) is 23.2. The van der Waals surface area contributed by atoms with Gasteiger partial charge >= 0.3 is 6.18 Å². The standard InChI is InChI=1S/C20H13F5N6O2S/c1-8-2-10(21)4-11(22)16(8)17(32)9-3-12(26-6-9)18(33)27-7-15-30-31-19(34-15)13-5-14(29-28-13)20(23,24)25/h2-6,26H,7H2,1H3,(H,27,33)(H,28,29). The van der Waals surface area contributed by atoms with Crippen molar-refractivity contribution in [2.24, 2.45) is 0 Å². The Labute approximate surface area is 191 Å². The predicted octanol–water partition coefficient (Wildman–Crippen LogP) is 4.02. The molecule has 1 aromatic carbocycles. The van der Waals surface area contributed by atoms with Crippen LogP contribution in [0.25, 0.3) is 10.7 Å². The van der Waals surface area contributed by atoms with E-state index in [2.05, 4.69) is 30.7 Å². The number of nitrogens with zero attached hydrogens (tertiary/aromatic N) is 3. The number of amides is 1. The van der Waals surface area contributed by atoms with Crippen molar-refractivity contribution < 1.29 is 31.5 Å². The lowest BCUT2D eigenvalue weighted by Crippen LogP contribution is -2.23. The van der Waals surface area contributed by atoms with Crippen molar-refractivity contribution in [2.45, 2.75) is 19.6 Å². The van der Waals surface area contributed by atoms with E-state index in [0.717, 1.165) is 23.5 Å². The number of ketones is 1. The minimum Gasteiger partial charge on any atom is -0.356 e. The summed E-state index contributed by atoms with van der Waals surface area (Å²) < 4.78 is 65.4. The Morgan fingerprint density at radius 3 is 2.56 bits per heavy atom. The lowest BCUT2D eigenvalue weighted by molar-refractivity contribution is -0.141. The molecular weight excluding hydrogens is 483 g/mol. The van der Waals surface area contributed by atoms with Gasteiger partial charge in [0.2, 0.25) is 0 Å². The van der Waals surface area contributed by atoms with Crippen molar-refractivity contribution in [3.05, 3.63) is 75.2 Å². The molecule has 4 aromatic rings. The van der Waals surface area contributed by atoms with E-state index in [1.54, 1.807) is 0 Å². The third kappa shape index (κ3) is 4.71. The fourth-order valence-corrected chi connectivity index (χ4v) is 3.80. The van der Waals surface area contributed by atoms with Crippen molar-refractivity contribution >= 4 is 23.0 Å². The predicted molar refractivity (Wildman–Crippen MR) is 109 cm³/mol. The lowest BCUT2D eigenvalue weighted by atomic mass is 10.00. The first-order chi connectivity index (χ1) is 16.0. The maximum Gasteiger partial charge on any atom is 0.435 e. The molecule has 14 heteroatoms. The average molecular weight is 496 g/mol. The third-order valence-corrected chi connectivity index (χ3v) is 5.59. The summed E-state index contributed by atoms with van der Waals surface area (Å²) in [6.45, 7) is 1.30. The molecule has 0 aliphatic carbocycles. The van der Waals surface area contributed by atoms with Crippen LogP contribution in [0.1, 0.15) is 42.7 Å². The van der Waals surface area contributed by atoms with Crippen LogP contribution in [0, 0.1) is 18.6 Å². The Balaban J connectivity index is 1.41. The zero-order valence-electron chi connectivity index (χ0n) is 17.1. The largest absolute Gasteiger partial charge is 0.435 e. The number of aryl methyl sites for hydroxylation is 1. The Bertz CT molecular complexity index is 1370. The van der Waals surface area contributed by atoms with Crippen LogP contribution < -0.4 is 5.32 Å². The highest BCUT2D eigenvalue weighted by atomic mass is 32.1. The molecule has 0 spiro atoms. The normalized spacial score (nSPS) is 11.6. The number of benzene rings is 1. The molecule has 0 saturated heterocycles. The number of nitrogens with one attached hydrogen (secondary N) is 3. The molecule has 8 nitrogen and oxygen atoms in total. The van der Waals surface area contributed by atoms with E-state index in [-0.39, 0.29) is 39.6 Å². The summed E-state index contributed by atoms with van der Waals surface area (Å²) >= 11 is 0.947. The second-order valence-corrected chi connectivity index (χ2v) is 8.12. The zero-order valence-corrected chi connectivity index (χ0v) is 17.9. The number of aromatic nitrogens is 5. The van der Waals surface area contributed by atoms with E-state index in [1.807, 2.05) is 0 Å². The molecule has 34 heavy (non-hydrogen) atoms. The van der Waals surface area contributed by atoms with E-state index in [0.29, 0.717) is 11.1 Å². The van der Waals surface area contributed by atoms with Crippen LogP contribution in [0.3, 0.4) is 0 Å². The SMILES string of the molecule is Cc1cc(F)cc(F)c1C(=O)c1c[nH]c(C(=O)NCc2nnc(-c3cc(C(F)(F)F)n[nH]3)s2)c1. The Kier molecular flexibility index (Phi) is 6.00. The minimum absolute atomic E-state index is 0.00308. The van der Waals surface area contributed by atoms with Crippen LogP contribution in [-0.2, 0) is 12.7 Å². The van der Waals surface area contributed by atoms with Gasteiger partial charge in [-0.25, -0.2) is 8.78 Å². The van der Waals surface area contributed by atoms with Gasteiger partial charge in [0.25, 0.3) is 5.91 Å². The third-order valence-electron chi connectivity index (χ3n) is 4.63. The molecule has 0 unspecified atom stereocenters. The highest BCUT2D eigenvalue weighted by molar-refractivity contribution is 7.14. The van der Waals surface area contributed by atoms with E-state index >= 15 is 0 Å². The van der Waals surface area contributed by atoms with Gasteiger partial charge in [-0.3, -0.25) is 14.7 Å². The molecule has 3 N–H and O–H groups in total. The molecule has 0 saturated carbocycles. The van der Waals surface area contributed by atoms with E-state index in [9.17, 15) is 31.5 Å². The van der Waals surface area contributed by atoms with Crippen molar-refractivity contribution in [1.29, 1.82) is 0 Å². The summed E-state index contributed by atoms with van der Waals surface area (Å²) in [5.41, 5.74) is -1.27. The zero-order chi connectivity index (χ0) is 24.6. The molecule has 0 aliphatic rings. The van der Waals surface area contributed by atoms with Crippen molar-refractivity contribution in [3.8, 4) is 10.7 Å². The molecule has 1 amide bonds. The molecule has 4 rings (SSSR count). The van der Waals surface area contributed by atoms with Crippen LogP contribution in [0.4, 0.5) is 22.0 Å². The van der Waals surface area contributed by atoms with Gasteiger partial charge in [0.1, 0.15) is 22.3 Å². The first-order valence-electron chi connectivity index (χ1n) is 9.45. The van der Waals surface area contributed by atoms with Crippen LogP contribution in [-0.4, -0.2) is 37.1 Å². The maximum absolute atomic E-state index is 14.1. The molecular formula is C20H13F5N6O2S. The minimum atomic E-state index is -4.60. The van der Waals surface area contributed by atoms with Gasteiger partial charge in [0.05, 0.1) is 17.8 Å². The summed E-state index contributed by atoms with van der Waals surface area (Å²) in [5, 5.41) is 16.0. The average Bonchev–Trinajstić information content (AvgIpc) is 3.51. The number of alkyl halides is 3. The number of rotatable bonds is 6. The van der Waals surface area contributed by atoms with Gasteiger partial charge in [-0.2, -0.15) is 18.3 Å². The number of carbonyl (C=O) groups excluding carboxylic acids is 2. The van der Waals surface area contributed by atoms with Gasteiger partial charge < -0.3 is 10.3 Å². The van der Waals surface area contributed by atoms with Crippen molar-refractivity contribution in [3.63, 3.8) is 0 Å². The first-order valence-corrected chi connectivity index (χ1v) is 10.3. The molecule has 3 aromatic heterocycles. The Morgan fingerprint density at radius 1 is 1.12 bits per heavy atom. The fraction of sp³-hybridized carbons (Fsp3) is 0.150. The fourth-order valence-electron chi connectivity index (χ4n) is 3.05. The van der Waals surface area contributed by atoms with E-state index < -0.39 is 35.2 Å². The number of hydrogen-bond donors (Lipinski definition) is 3. The summed E-state index contributed by atoms with van der Waals surface area (Å²) in [5.74, 6) is -3.17. The monoisotopic (exact) mass is 496 g/mol. The maximum atomic E-state index is 14.1. The number of hydrogen-bond acceptors (Lipinski definition) is 6. The number of aromatic amines is 2. The summed E-state index contributed by atoms with van der Waals surface area (Å²) in [6.07, 6.45) is -3.38. The summed E-state index contributed by atoms with van der Waals surface area (Å²) in [4.78, 5) is 27.6. The molecule has 0 fully saturated rings. The van der Waals surface area contributed by atoms with Crippen LogP contribution in [0.2, 0.25) is 0 Å². The molecule has 0 bridgehead atoms. The van der Waals surface area contributed by atoms with Gasteiger partial charge in [0, 0.05) is 17.8 Å². The molecule has 0 aliphatic heterocycles. The van der Waals surface area contributed by atoms with Gasteiger partial charge in [-0.15, -0.1) is 10.2 Å². The van der Waals surface area contributed by atoms with Crippen LogP contribution >= 0.6 is 11.3 Å². The van der Waals surface area contributed by atoms with Gasteiger partial charge in [-0.1, -0.05) is 11.3 Å². The second kappa shape index (κ2) is 8.78. The van der Waals surface area contributed by atoms with Crippen molar-refractivity contribution in [1.82, 2.24) is 30.7 Å². The van der Waals surface area contributed by atoms with Gasteiger partial charge in [-0.05, 0) is 30.7 Å². The highest BCUT2D eigenvalue weighted by Gasteiger charge is 2.34. The van der Waals surface area contributed by atoms with Gasteiger partial charge in [0.15, 0.2) is 16.5 Å². The van der Waals surface area contributed by atoms with Crippen molar-refractivity contribution in [2.75, 3.05) is 0 Å². The van der Waals surface area contributed by atoms with Crippen LogP contribution in [0.5, 0.6) is 0 Å². The molecule has 3 heterocycles. The molecule has 0 atom stereocenters. The number of carbonyl (C=O) groups is 2. The summed E-state index contributed by atoms with van der Waals surface area (Å²) in [7, 11) is 0. The smallest absolute Gasteiger partial charge is 0.356 e. The second-order valence-electron chi connectivity index (χ2n) is 7.06. The molecule has 0 radical (unpaired) electrons. The summed E-state index contributed by atoms with van der Waals surface area (Å²) in [6, 6.07) is 3.64. The Morgan fingerprint density at radius 2 is 1.88 bits per heavy atom. The van der Waals surface area contributed by atoms with E-state index in [4.69, 9.17) is 0 Å². The number of H-pyrrole nitrogens is 2. The lowest BCUT2D eigenvalue weighted by Gasteiger charge is -2.05.